The highest BCUT2D eigenvalue weighted by Crippen LogP contribution is 2.44. The summed E-state index contributed by atoms with van der Waals surface area (Å²) in [6, 6.07) is 16.2. The molecule has 0 spiro atoms. The lowest BCUT2D eigenvalue weighted by atomic mass is 9.79. The van der Waals surface area contributed by atoms with Crippen LogP contribution >= 0.6 is 0 Å². The maximum absolute atomic E-state index is 5.24. The number of hydrogen-bond acceptors (Lipinski definition) is 4. The van der Waals surface area contributed by atoms with Gasteiger partial charge in [0.1, 0.15) is 5.75 Å². The monoisotopic (exact) mass is 368 g/mol. The molecule has 0 radical (unpaired) electrons. The van der Waals surface area contributed by atoms with Crippen LogP contribution in [-0.2, 0) is 5.41 Å². The number of rotatable bonds is 3. The molecule has 0 bridgehead atoms. The number of benzene rings is 2. The molecule has 138 valence electrons. The molecule has 0 saturated heterocycles. The Balaban J connectivity index is 1.59. The zero-order valence-electron chi connectivity index (χ0n) is 16.0. The Morgan fingerprint density at radius 1 is 1.00 bits per heavy atom. The van der Waals surface area contributed by atoms with Crippen LogP contribution in [0.25, 0.3) is 16.6 Å². The Kier molecular flexibility index (Phi) is 3.59. The second kappa shape index (κ2) is 6.02. The van der Waals surface area contributed by atoms with Crippen molar-refractivity contribution in [1.82, 2.24) is 14.8 Å². The highest BCUT2D eigenvalue weighted by atomic mass is 16.5. The van der Waals surface area contributed by atoms with Crippen molar-refractivity contribution in [2.24, 2.45) is 4.99 Å². The molecule has 4 aromatic rings. The van der Waals surface area contributed by atoms with E-state index in [-0.39, 0.29) is 5.41 Å². The van der Waals surface area contributed by atoms with Crippen molar-refractivity contribution in [2.75, 3.05) is 7.11 Å². The molecule has 1 aliphatic heterocycles. The van der Waals surface area contributed by atoms with Gasteiger partial charge in [-0.1, -0.05) is 32.0 Å². The van der Waals surface area contributed by atoms with Gasteiger partial charge in [-0.25, -0.2) is 9.67 Å². The van der Waals surface area contributed by atoms with Crippen LogP contribution in [0.15, 0.2) is 72.1 Å². The molecule has 0 fully saturated rings. The number of methoxy groups -OCH3 is 1. The molecular formula is C23H20N4O. The molecule has 0 saturated carbocycles. The summed E-state index contributed by atoms with van der Waals surface area (Å²) in [5.74, 6) is 0.826. The molecule has 0 N–H and O–H groups in total. The lowest BCUT2D eigenvalue weighted by Crippen LogP contribution is -2.26. The van der Waals surface area contributed by atoms with Gasteiger partial charge in [0.15, 0.2) is 0 Å². The summed E-state index contributed by atoms with van der Waals surface area (Å²) in [7, 11) is 1.66. The van der Waals surface area contributed by atoms with Gasteiger partial charge in [0.2, 0.25) is 0 Å². The lowest BCUT2D eigenvalue weighted by molar-refractivity contribution is 0.414. The molecule has 28 heavy (non-hydrogen) atoms. The molecule has 3 heterocycles. The van der Waals surface area contributed by atoms with Crippen molar-refractivity contribution in [3.05, 3.63) is 78.2 Å². The molecule has 5 rings (SSSR count). The predicted octanol–water partition coefficient (Wildman–Crippen LogP) is 4.84. The fraction of sp³-hybridized carbons (Fsp3) is 0.174. The topological polar surface area (TPSA) is 52.3 Å². The van der Waals surface area contributed by atoms with Crippen molar-refractivity contribution >= 4 is 22.3 Å². The normalized spacial score (nSPS) is 14.8. The summed E-state index contributed by atoms with van der Waals surface area (Å²) >= 11 is 0. The highest BCUT2D eigenvalue weighted by Gasteiger charge is 2.37. The van der Waals surface area contributed by atoms with Gasteiger partial charge < -0.3 is 4.74 Å². The summed E-state index contributed by atoms with van der Waals surface area (Å²) in [6.07, 6.45) is 5.74. The summed E-state index contributed by atoms with van der Waals surface area (Å²) in [5, 5.41) is 5.66. The summed E-state index contributed by atoms with van der Waals surface area (Å²) in [5.41, 5.74) is 5.91. The SMILES string of the molecule is COc1ccc(-n2cc(C3=Nc4c(ccc5cccnc45)C3(C)C)cn2)cc1. The van der Waals surface area contributed by atoms with E-state index in [1.807, 2.05) is 53.6 Å². The second-order valence-corrected chi connectivity index (χ2v) is 7.49. The zero-order chi connectivity index (χ0) is 19.3. The maximum Gasteiger partial charge on any atom is 0.119 e. The third-order valence-corrected chi connectivity index (χ3v) is 5.43. The van der Waals surface area contributed by atoms with E-state index in [1.54, 1.807) is 7.11 Å². The lowest BCUT2D eigenvalue weighted by Gasteiger charge is -2.21. The standard InChI is InChI=1S/C23H20N4O/c1-23(2)19-11-6-15-5-4-12-24-20(15)21(19)26-22(23)16-13-25-27(14-16)17-7-9-18(28-3)10-8-17/h4-14H,1-3H3. The van der Waals surface area contributed by atoms with Crippen molar-refractivity contribution in [3.8, 4) is 11.4 Å². The molecular weight excluding hydrogens is 348 g/mol. The van der Waals surface area contributed by atoms with Gasteiger partial charge in [0, 0.05) is 28.8 Å². The fourth-order valence-electron chi connectivity index (χ4n) is 3.87. The van der Waals surface area contributed by atoms with Gasteiger partial charge in [0.25, 0.3) is 0 Å². The molecule has 2 aromatic carbocycles. The van der Waals surface area contributed by atoms with Crippen molar-refractivity contribution in [3.63, 3.8) is 0 Å². The van der Waals surface area contributed by atoms with Gasteiger partial charge in [0.05, 0.1) is 35.9 Å². The number of nitrogens with zero attached hydrogens (tertiary/aromatic N) is 4. The Hall–Kier alpha value is -3.47. The highest BCUT2D eigenvalue weighted by molar-refractivity contribution is 6.14. The molecule has 0 amide bonds. The smallest absolute Gasteiger partial charge is 0.119 e. The quantitative estimate of drug-likeness (QED) is 0.520. The zero-order valence-corrected chi connectivity index (χ0v) is 16.0. The minimum absolute atomic E-state index is 0.213. The van der Waals surface area contributed by atoms with Crippen LogP contribution in [0.5, 0.6) is 5.75 Å². The Morgan fingerprint density at radius 2 is 1.82 bits per heavy atom. The Labute approximate surface area is 163 Å². The average Bonchev–Trinajstić information content (AvgIpc) is 3.30. The van der Waals surface area contributed by atoms with Crippen molar-refractivity contribution < 1.29 is 4.74 Å². The maximum atomic E-state index is 5.24. The van der Waals surface area contributed by atoms with Gasteiger partial charge in [-0.15, -0.1) is 0 Å². The van der Waals surface area contributed by atoms with Crippen LogP contribution in [-0.4, -0.2) is 27.6 Å². The number of fused-ring (bicyclic) bond motifs is 3. The molecule has 0 unspecified atom stereocenters. The largest absolute Gasteiger partial charge is 0.497 e. The minimum Gasteiger partial charge on any atom is -0.497 e. The summed E-state index contributed by atoms with van der Waals surface area (Å²) in [6.45, 7) is 4.41. The van der Waals surface area contributed by atoms with E-state index < -0.39 is 0 Å². The van der Waals surface area contributed by atoms with E-state index in [9.17, 15) is 0 Å². The van der Waals surface area contributed by atoms with Gasteiger partial charge >= 0.3 is 0 Å². The van der Waals surface area contributed by atoms with E-state index in [1.165, 1.54) is 5.56 Å². The molecule has 0 aliphatic carbocycles. The molecule has 0 atom stereocenters. The first-order valence-electron chi connectivity index (χ1n) is 9.25. The van der Waals surface area contributed by atoms with Crippen LogP contribution < -0.4 is 4.74 Å². The van der Waals surface area contributed by atoms with Crippen LogP contribution in [0.2, 0.25) is 0 Å². The minimum atomic E-state index is -0.213. The Morgan fingerprint density at radius 3 is 2.61 bits per heavy atom. The van der Waals surface area contributed by atoms with Crippen molar-refractivity contribution in [1.29, 1.82) is 0 Å². The van der Waals surface area contributed by atoms with Gasteiger partial charge in [-0.05, 0) is 35.9 Å². The van der Waals surface area contributed by atoms with E-state index in [0.29, 0.717) is 0 Å². The molecule has 5 heteroatoms. The summed E-state index contributed by atoms with van der Waals surface area (Å²) in [4.78, 5) is 9.59. The third kappa shape index (κ3) is 2.43. The Bertz CT molecular complexity index is 1220. The molecule has 5 nitrogen and oxygen atoms in total. The van der Waals surface area contributed by atoms with E-state index in [0.717, 1.165) is 39.3 Å². The van der Waals surface area contributed by atoms with E-state index >= 15 is 0 Å². The van der Waals surface area contributed by atoms with Crippen molar-refractivity contribution in [2.45, 2.75) is 19.3 Å². The number of aliphatic imine (C=N–C) groups is 1. The first-order valence-corrected chi connectivity index (χ1v) is 9.25. The van der Waals surface area contributed by atoms with Crippen LogP contribution in [0.3, 0.4) is 0 Å². The number of aromatic nitrogens is 3. The first-order chi connectivity index (χ1) is 13.6. The van der Waals surface area contributed by atoms with Crippen LogP contribution in [0.4, 0.5) is 5.69 Å². The molecule has 1 aliphatic rings. The number of hydrogen-bond donors (Lipinski definition) is 0. The number of ether oxygens (including phenoxy) is 1. The van der Waals surface area contributed by atoms with Gasteiger partial charge in [-0.2, -0.15) is 5.10 Å². The summed E-state index contributed by atoms with van der Waals surface area (Å²) < 4.78 is 7.10. The first kappa shape index (κ1) is 16.7. The fourth-order valence-corrected chi connectivity index (χ4v) is 3.87. The molecule has 2 aromatic heterocycles. The van der Waals surface area contributed by atoms with Crippen LogP contribution in [0, 0.1) is 0 Å². The van der Waals surface area contributed by atoms with Gasteiger partial charge in [-0.3, -0.25) is 4.98 Å². The second-order valence-electron chi connectivity index (χ2n) is 7.49. The van der Waals surface area contributed by atoms with E-state index in [4.69, 9.17) is 9.73 Å². The van der Waals surface area contributed by atoms with Crippen LogP contribution in [0.1, 0.15) is 25.0 Å². The predicted molar refractivity (Wildman–Crippen MR) is 111 cm³/mol. The van der Waals surface area contributed by atoms with E-state index in [2.05, 4.69) is 42.1 Å². The average molecular weight is 368 g/mol. The number of pyridine rings is 1. The third-order valence-electron chi connectivity index (χ3n) is 5.43.